The Kier molecular flexibility index (Phi) is 4.46. The SMILES string of the molecule is CC(C)(O)c1ccc(-n2nnc3cnc(N[C@@H]4CC[C@@H](C(N)=O)C4)nc32)cc1. The Labute approximate surface area is 162 Å². The van der Waals surface area contributed by atoms with E-state index in [1.807, 2.05) is 24.3 Å². The molecule has 1 aliphatic rings. The first-order valence-electron chi connectivity index (χ1n) is 9.29. The predicted molar refractivity (Wildman–Crippen MR) is 104 cm³/mol. The lowest BCUT2D eigenvalue weighted by atomic mass is 9.98. The molecule has 0 aliphatic heterocycles. The van der Waals surface area contributed by atoms with Crippen molar-refractivity contribution >= 4 is 23.0 Å². The summed E-state index contributed by atoms with van der Waals surface area (Å²) in [6, 6.07) is 7.55. The Morgan fingerprint density at radius 3 is 2.68 bits per heavy atom. The van der Waals surface area contributed by atoms with Gasteiger partial charge in [-0.1, -0.05) is 17.3 Å². The minimum atomic E-state index is -0.910. The molecule has 1 aliphatic carbocycles. The summed E-state index contributed by atoms with van der Waals surface area (Å²) in [6.45, 7) is 3.48. The second kappa shape index (κ2) is 6.83. The van der Waals surface area contributed by atoms with Crippen LogP contribution in [0.2, 0.25) is 0 Å². The second-order valence-corrected chi connectivity index (χ2v) is 7.76. The highest BCUT2D eigenvalue weighted by molar-refractivity contribution is 5.77. The third-order valence-electron chi connectivity index (χ3n) is 5.18. The largest absolute Gasteiger partial charge is 0.386 e. The average Bonchev–Trinajstić information content (AvgIpc) is 3.28. The van der Waals surface area contributed by atoms with E-state index in [2.05, 4.69) is 25.6 Å². The minimum Gasteiger partial charge on any atom is -0.386 e. The molecule has 4 rings (SSSR count). The zero-order valence-corrected chi connectivity index (χ0v) is 15.8. The van der Waals surface area contributed by atoms with Crippen LogP contribution in [-0.4, -0.2) is 42.0 Å². The lowest BCUT2D eigenvalue weighted by molar-refractivity contribution is -0.121. The summed E-state index contributed by atoms with van der Waals surface area (Å²) in [7, 11) is 0. The monoisotopic (exact) mass is 381 g/mol. The van der Waals surface area contributed by atoms with Gasteiger partial charge in [0.2, 0.25) is 11.9 Å². The van der Waals surface area contributed by atoms with Crippen molar-refractivity contribution < 1.29 is 9.90 Å². The number of amides is 1. The molecule has 0 saturated heterocycles. The number of carbonyl (C=O) groups excluding carboxylic acids is 1. The number of anilines is 1. The zero-order valence-electron chi connectivity index (χ0n) is 15.8. The van der Waals surface area contributed by atoms with E-state index in [0.717, 1.165) is 24.1 Å². The quantitative estimate of drug-likeness (QED) is 0.610. The fourth-order valence-electron chi connectivity index (χ4n) is 3.54. The maximum atomic E-state index is 11.4. The van der Waals surface area contributed by atoms with Gasteiger partial charge >= 0.3 is 0 Å². The lowest BCUT2D eigenvalue weighted by Crippen LogP contribution is -2.23. The molecule has 9 nitrogen and oxygen atoms in total. The summed E-state index contributed by atoms with van der Waals surface area (Å²) in [5.41, 5.74) is 7.25. The first-order chi connectivity index (χ1) is 13.3. The number of nitrogens with zero attached hydrogens (tertiary/aromatic N) is 5. The number of aromatic nitrogens is 5. The van der Waals surface area contributed by atoms with Gasteiger partial charge in [-0.2, -0.15) is 9.67 Å². The van der Waals surface area contributed by atoms with Crippen LogP contribution in [0.1, 0.15) is 38.7 Å². The van der Waals surface area contributed by atoms with Gasteiger partial charge in [-0.3, -0.25) is 4.79 Å². The molecule has 0 unspecified atom stereocenters. The molecular formula is C19H23N7O2. The van der Waals surface area contributed by atoms with Crippen molar-refractivity contribution in [3.05, 3.63) is 36.0 Å². The van der Waals surface area contributed by atoms with E-state index in [4.69, 9.17) is 5.73 Å². The van der Waals surface area contributed by atoms with Crippen molar-refractivity contribution in [3.8, 4) is 5.69 Å². The smallest absolute Gasteiger partial charge is 0.225 e. The van der Waals surface area contributed by atoms with E-state index in [9.17, 15) is 9.90 Å². The Morgan fingerprint density at radius 2 is 2.04 bits per heavy atom. The van der Waals surface area contributed by atoms with Gasteiger partial charge in [-0.15, -0.1) is 5.10 Å². The molecule has 1 aromatic carbocycles. The molecule has 3 aromatic rings. The first-order valence-corrected chi connectivity index (χ1v) is 9.29. The third kappa shape index (κ3) is 3.53. The van der Waals surface area contributed by atoms with E-state index < -0.39 is 5.60 Å². The van der Waals surface area contributed by atoms with Crippen LogP contribution in [0, 0.1) is 5.92 Å². The van der Waals surface area contributed by atoms with Gasteiger partial charge in [0.1, 0.15) is 0 Å². The highest BCUT2D eigenvalue weighted by atomic mass is 16.3. The summed E-state index contributed by atoms with van der Waals surface area (Å²) in [4.78, 5) is 20.2. The molecule has 1 amide bonds. The van der Waals surface area contributed by atoms with Gasteiger partial charge in [0.15, 0.2) is 11.2 Å². The van der Waals surface area contributed by atoms with Crippen LogP contribution in [0.15, 0.2) is 30.5 Å². The molecule has 2 heterocycles. The summed E-state index contributed by atoms with van der Waals surface area (Å²) in [6.07, 6.45) is 3.94. The molecule has 0 bridgehead atoms. The van der Waals surface area contributed by atoms with Crippen LogP contribution in [-0.2, 0) is 10.4 Å². The van der Waals surface area contributed by atoms with E-state index in [-0.39, 0.29) is 17.9 Å². The van der Waals surface area contributed by atoms with Crippen molar-refractivity contribution in [2.24, 2.45) is 11.7 Å². The first kappa shape index (κ1) is 18.3. The number of carbonyl (C=O) groups is 1. The van der Waals surface area contributed by atoms with E-state index >= 15 is 0 Å². The summed E-state index contributed by atoms with van der Waals surface area (Å²) in [5, 5.41) is 21.7. The molecule has 146 valence electrons. The third-order valence-corrected chi connectivity index (χ3v) is 5.18. The normalized spacial score (nSPS) is 19.8. The predicted octanol–water partition coefficient (Wildman–Crippen LogP) is 1.50. The Balaban J connectivity index is 1.59. The zero-order chi connectivity index (χ0) is 19.9. The number of hydrogen-bond donors (Lipinski definition) is 3. The summed E-state index contributed by atoms with van der Waals surface area (Å²) in [5.74, 6) is 0.124. The standard InChI is InChI=1S/C19H23N7O2/c1-19(2,28)12-4-7-14(8-5-12)26-17-15(24-25-26)10-21-18(23-17)22-13-6-3-11(9-13)16(20)27/h4-5,7-8,10-11,13,28H,3,6,9H2,1-2H3,(H2,20,27)(H,21,22,23)/t11-,13-/m1/s1. The van der Waals surface area contributed by atoms with Crippen LogP contribution < -0.4 is 11.1 Å². The van der Waals surface area contributed by atoms with Crippen molar-refractivity contribution in [3.63, 3.8) is 0 Å². The molecule has 0 radical (unpaired) electrons. The van der Waals surface area contributed by atoms with E-state index in [1.54, 1.807) is 24.7 Å². The van der Waals surface area contributed by atoms with Gasteiger partial charge < -0.3 is 16.2 Å². The van der Waals surface area contributed by atoms with Crippen molar-refractivity contribution in [1.29, 1.82) is 0 Å². The number of nitrogens with one attached hydrogen (secondary N) is 1. The number of primary amides is 1. The van der Waals surface area contributed by atoms with Crippen molar-refractivity contribution in [1.82, 2.24) is 25.0 Å². The van der Waals surface area contributed by atoms with Crippen LogP contribution in [0.5, 0.6) is 0 Å². The number of hydrogen-bond acceptors (Lipinski definition) is 7. The molecule has 9 heteroatoms. The van der Waals surface area contributed by atoms with Gasteiger partial charge in [0, 0.05) is 12.0 Å². The summed E-state index contributed by atoms with van der Waals surface area (Å²) < 4.78 is 1.64. The van der Waals surface area contributed by atoms with Gasteiger partial charge in [0.25, 0.3) is 0 Å². The fraction of sp³-hybridized carbons (Fsp3) is 0.421. The van der Waals surface area contributed by atoms with Gasteiger partial charge in [0.05, 0.1) is 17.5 Å². The minimum absolute atomic E-state index is 0.0947. The molecule has 2 aromatic heterocycles. The number of nitrogens with two attached hydrogens (primary N) is 1. The molecule has 1 fully saturated rings. The number of rotatable bonds is 5. The molecule has 1 saturated carbocycles. The number of fused-ring (bicyclic) bond motifs is 1. The van der Waals surface area contributed by atoms with Crippen LogP contribution >= 0.6 is 0 Å². The van der Waals surface area contributed by atoms with Gasteiger partial charge in [-0.05, 0) is 50.8 Å². The average molecular weight is 381 g/mol. The van der Waals surface area contributed by atoms with E-state index in [0.29, 0.717) is 23.5 Å². The second-order valence-electron chi connectivity index (χ2n) is 7.76. The Bertz CT molecular complexity index is 1010. The number of benzene rings is 1. The number of aliphatic hydroxyl groups is 1. The van der Waals surface area contributed by atoms with Crippen LogP contribution in [0.25, 0.3) is 16.9 Å². The molecule has 4 N–H and O–H groups in total. The van der Waals surface area contributed by atoms with Crippen LogP contribution in [0.3, 0.4) is 0 Å². The maximum absolute atomic E-state index is 11.4. The molecular weight excluding hydrogens is 358 g/mol. The lowest BCUT2D eigenvalue weighted by Gasteiger charge is -2.17. The Hall–Kier alpha value is -3.07. The molecule has 28 heavy (non-hydrogen) atoms. The van der Waals surface area contributed by atoms with Gasteiger partial charge in [-0.25, -0.2) is 4.98 Å². The fourth-order valence-corrected chi connectivity index (χ4v) is 3.54. The van der Waals surface area contributed by atoms with E-state index in [1.165, 1.54) is 0 Å². The molecule has 0 spiro atoms. The summed E-state index contributed by atoms with van der Waals surface area (Å²) >= 11 is 0. The highest BCUT2D eigenvalue weighted by Crippen LogP contribution is 2.27. The molecule has 2 atom stereocenters. The highest BCUT2D eigenvalue weighted by Gasteiger charge is 2.29. The van der Waals surface area contributed by atoms with Crippen molar-refractivity contribution in [2.45, 2.75) is 44.8 Å². The Morgan fingerprint density at radius 1 is 1.29 bits per heavy atom. The van der Waals surface area contributed by atoms with Crippen molar-refractivity contribution in [2.75, 3.05) is 5.32 Å². The van der Waals surface area contributed by atoms with Crippen LogP contribution in [0.4, 0.5) is 5.95 Å². The maximum Gasteiger partial charge on any atom is 0.225 e. The topological polar surface area (TPSA) is 132 Å².